The molecule has 0 aromatic carbocycles. The Hall–Kier alpha value is -1.72. The molecule has 0 aliphatic heterocycles. The molecule has 6 nitrogen and oxygen atoms in total. The Bertz CT molecular complexity index is 407. The first-order valence-corrected chi connectivity index (χ1v) is 6.14. The number of hydrogen-bond acceptors (Lipinski definition) is 4. The van der Waals surface area contributed by atoms with E-state index < -0.39 is 11.7 Å². The normalized spacial score (nSPS) is 11.3. The summed E-state index contributed by atoms with van der Waals surface area (Å²) in [5.74, 6) is 0.498. The monoisotopic (exact) mass is 254 g/mol. The molecule has 0 spiro atoms. The van der Waals surface area contributed by atoms with Gasteiger partial charge in [-0.25, -0.2) is 9.48 Å². The Morgan fingerprint density at radius 2 is 2.22 bits per heavy atom. The van der Waals surface area contributed by atoms with E-state index in [1.165, 1.54) is 6.20 Å². The summed E-state index contributed by atoms with van der Waals surface area (Å²) in [6, 6.07) is 0. The van der Waals surface area contributed by atoms with Gasteiger partial charge in [0.25, 0.3) is 0 Å². The predicted octanol–water partition coefficient (Wildman–Crippen LogP) is 2.61. The number of aryl methyl sites for hydroxylation is 1. The lowest BCUT2D eigenvalue weighted by atomic mass is 10.2. The summed E-state index contributed by atoms with van der Waals surface area (Å²) in [6.07, 6.45) is 3.03. The molecule has 0 aliphatic rings. The predicted molar refractivity (Wildman–Crippen MR) is 71.4 cm³/mol. The maximum Gasteiger partial charge on any atom is 0.413 e. The van der Waals surface area contributed by atoms with Gasteiger partial charge in [-0.15, -0.1) is 0 Å². The van der Waals surface area contributed by atoms with E-state index in [0.717, 1.165) is 19.4 Å². The summed E-state index contributed by atoms with van der Waals surface area (Å²) < 4.78 is 6.86. The van der Waals surface area contributed by atoms with Gasteiger partial charge in [-0.2, -0.15) is 5.10 Å². The van der Waals surface area contributed by atoms with E-state index in [4.69, 9.17) is 10.5 Å². The summed E-state index contributed by atoms with van der Waals surface area (Å²) in [6.45, 7) is 8.24. The van der Waals surface area contributed by atoms with Gasteiger partial charge in [0.05, 0.1) is 11.9 Å². The van der Waals surface area contributed by atoms with E-state index in [2.05, 4.69) is 17.3 Å². The van der Waals surface area contributed by atoms with Crippen LogP contribution < -0.4 is 11.1 Å². The first-order chi connectivity index (χ1) is 8.33. The Balaban J connectivity index is 2.71. The topological polar surface area (TPSA) is 82.2 Å². The van der Waals surface area contributed by atoms with Crippen LogP contribution in [0, 0.1) is 0 Å². The minimum atomic E-state index is -0.535. The summed E-state index contributed by atoms with van der Waals surface area (Å²) >= 11 is 0. The third kappa shape index (κ3) is 4.27. The van der Waals surface area contributed by atoms with E-state index in [0.29, 0.717) is 11.5 Å². The minimum absolute atomic E-state index is 0.442. The van der Waals surface area contributed by atoms with Gasteiger partial charge in [-0.1, -0.05) is 13.3 Å². The number of nitrogen functional groups attached to an aromatic ring is 1. The second-order valence-electron chi connectivity index (χ2n) is 5.15. The standard InChI is InChI=1S/C12H22N4O2/c1-5-6-7-16-10(9(13)8-14-16)15-11(17)18-12(2,3)4/h8H,5-7,13H2,1-4H3,(H,15,17). The molecular formula is C12H22N4O2. The highest BCUT2D eigenvalue weighted by Crippen LogP contribution is 2.19. The third-order valence-electron chi connectivity index (χ3n) is 2.21. The van der Waals surface area contributed by atoms with Crippen LogP contribution >= 0.6 is 0 Å². The van der Waals surface area contributed by atoms with Crippen molar-refractivity contribution in [3.8, 4) is 0 Å². The van der Waals surface area contributed by atoms with Crippen LogP contribution in [0.3, 0.4) is 0 Å². The Labute approximate surface area is 107 Å². The lowest BCUT2D eigenvalue weighted by molar-refractivity contribution is 0.0634. The van der Waals surface area contributed by atoms with Gasteiger partial charge in [0, 0.05) is 6.54 Å². The fraction of sp³-hybridized carbons (Fsp3) is 0.667. The molecule has 0 unspecified atom stereocenters. The van der Waals surface area contributed by atoms with E-state index in [1.54, 1.807) is 4.68 Å². The number of aromatic nitrogens is 2. The summed E-state index contributed by atoms with van der Waals surface area (Å²) in [7, 11) is 0. The van der Waals surface area contributed by atoms with E-state index in [-0.39, 0.29) is 0 Å². The van der Waals surface area contributed by atoms with Gasteiger partial charge in [0.15, 0.2) is 5.82 Å². The largest absolute Gasteiger partial charge is 0.444 e. The first-order valence-electron chi connectivity index (χ1n) is 6.14. The molecule has 102 valence electrons. The highest BCUT2D eigenvalue weighted by molar-refractivity contribution is 5.87. The van der Waals surface area contributed by atoms with Gasteiger partial charge in [0.1, 0.15) is 5.60 Å². The number of hydrogen-bond donors (Lipinski definition) is 2. The third-order valence-corrected chi connectivity index (χ3v) is 2.21. The van der Waals surface area contributed by atoms with E-state index >= 15 is 0 Å². The number of nitrogens with zero attached hydrogens (tertiary/aromatic N) is 2. The van der Waals surface area contributed by atoms with Gasteiger partial charge < -0.3 is 10.5 Å². The van der Waals surface area contributed by atoms with E-state index in [1.807, 2.05) is 20.8 Å². The number of carbonyl (C=O) groups is 1. The smallest absolute Gasteiger partial charge is 0.413 e. The van der Waals surface area contributed by atoms with E-state index in [9.17, 15) is 4.79 Å². The van der Waals surface area contributed by atoms with Crippen molar-refractivity contribution in [3.63, 3.8) is 0 Å². The second kappa shape index (κ2) is 5.75. The van der Waals surface area contributed by atoms with Gasteiger partial charge >= 0.3 is 6.09 Å². The van der Waals surface area contributed by atoms with Crippen molar-refractivity contribution in [2.45, 2.75) is 52.7 Å². The zero-order chi connectivity index (χ0) is 13.8. The van der Waals surface area contributed by atoms with Crippen molar-refractivity contribution in [1.82, 2.24) is 9.78 Å². The summed E-state index contributed by atoms with van der Waals surface area (Å²) in [5.41, 5.74) is 5.68. The van der Waals surface area contributed by atoms with Crippen LogP contribution in [0.4, 0.5) is 16.3 Å². The zero-order valence-electron chi connectivity index (χ0n) is 11.5. The van der Waals surface area contributed by atoms with Crippen molar-refractivity contribution in [1.29, 1.82) is 0 Å². The number of rotatable bonds is 4. The average Bonchev–Trinajstić information content (AvgIpc) is 2.55. The number of anilines is 2. The number of nitrogens with two attached hydrogens (primary N) is 1. The lowest BCUT2D eigenvalue weighted by Gasteiger charge is -2.20. The van der Waals surface area contributed by atoms with Crippen molar-refractivity contribution < 1.29 is 9.53 Å². The van der Waals surface area contributed by atoms with Gasteiger partial charge in [0.2, 0.25) is 0 Å². The van der Waals surface area contributed by atoms with Gasteiger partial charge in [-0.3, -0.25) is 5.32 Å². The molecule has 6 heteroatoms. The van der Waals surface area contributed by atoms with Crippen LogP contribution in [-0.2, 0) is 11.3 Å². The van der Waals surface area contributed by atoms with Crippen molar-refractivity contribution in [3.05, 3.63) is 6.20 Å². The first kappa shape index (κ1) is 14.3. The minimum Gasteiger partial charge on any atom is -0.444 e. The highest BCUT2D eigenvalue weighted by atomic mass is 16.6. The molecule has 1 aromatic rings. The Morgan fingerprint density at radius 3 is 2.78 bits per heavy atom. The fourth-order valence-corrected chi connectivity index (χ4v) is 1.41. The Kier molecular flexibility index (Phi) is 4.58. The quantitative estimate of drug-likeness (QED) is 0.865. The Morgan fingerprint density at radius 1 is 1.56 bits per heavy atom. The number of unbranched alkanes of at least 4 members (excludes halogenated alkanes) is 1. The molecule has 1 heterocycles. The van der Waals surface area contributed by atoms with Gasteiger partial charge in [-0.05, 0) is 27.2 Å². The van der Waals surface area contributed by atoms with Crippen molar-refractivity contribution >= 4 is 17.6 Å². The molecule has 3 N–H and O–H groups in total. The summed E-state index contributed by atoms with van der Waals surface area (Å²) in [4.78, 5) is 11.7. The lowest BCUT2D eigenvalue weighted by Crippen LogP contribution is -2.28. The van der Waals surface area contributed by atoms with Crippen molar-refractivity contribution in [2.75, 3.05) is 11.1 Å². The highest BCUT2D eigenvalue weighted by Gasteiger charge is 2.18. The zero-order valence-corrected chi connectivity index (χ0v) is 11.5. The number of ether oxygens (including phenoxy) is 1. The number of nitrogens with one attached hydrogen (secondary N) is 1. The molecule has 0 saturated carbocycles. The molecule has 0 atom stereocenters. The molecule has 0 saturated heterocycles. The molecule has 1 amide bonds. The summed E-state index contributed by atoms with van der Waals surface area (Å²) in [5, 5.41) is 6.76. The van der Waals surface area contributed by atoms with Crippen LogP contribution in [0.15, 0.2) is 6.20 Å². The van der Waals surface area contributed by atoms with Crippen LogP contribution in [0.25, 0.3) is 0 Å². The molecule has 0 aliphatic carbocycles. The van der Waals surface area contributed by atoms with Crippen LogP contribution in [0.5, 0.6) is 0 Å². The average molecular weight is 254 g/mol. The molecule has 18 heavy (non-hydrogen) atoms. The van der Waals surface area contributed by atoms with Crippen LogP contribution in [0.2, 0.25) is 0 Å². The van der Waals surface area contributed by atoms with Crippen LogP contribution in [-0.4, -0.2) is 21.5 Å². The number of amides is 1. The molecule has 1 rings (SSSR count). The van der Waals surface area contributed by atoms with Crippen molar-refractivity contribution in [2.24, 2.45) is 0 Å². The maximum absolute atomic E-state index is 11.7. The molecular weight excluding hydrogens is 232 g/mol. The second-order valence-corrected chi connectivity index (χ2v) is 5.15. The molecule has 0 fully saturated rings. The fourth-order valence-electron chi connectivity index (χ4n) is 1.41. The van der Waals surface area contributed by atoms with Crippen LogP contribution in [0.1, 0.15) is 40.5 Å². The molecule has 0 radical (unpaired) electrons. The molecule has 1 aromatic heterocycles. The SMILES string of the molecule is CCCCn1ncc(N)c1NC(=O)OC(C)(C)C. The number of carbonyl (C=O) groups excluding carboxylic acids is 1. The maximum atomic E-state index is 11.7. The molecule has 0 bridgehead atoms.